The molecule has 2 amide bonds. The summed E-state index contributed by atoms with van der Waals surface area (Å²) in [5.74, 6) is -1.21. The van der Waals surface area contributed by atoms with Crippen LogP contribution in [-0.4, -0.2) is 31.6 Å². The van der Waals surface area contributed by atoms with Crippen molar-refractivity contribution in [2.45, 2.75) is 0 Å². The van der Waals surface area contributed by atoms with E-state index in [1.165, 1.54) is 12.5 Å². The molecule has 0 saturated carbocycles. The van der Waals surface area contributed by atoms with Crippen molar-refractivity contribution < 1.29 is 9.59 Å². The van der Waals surface area contributed by atoms with Crippen molar-refractivity contribution in [1.82, 2.24) is 30.6 Å². The van der Waals surface area contributed by atoms with Crippen molar-refractivity contribution in [3.05, 3.63) is 88.9 Å². The first-order valence-corrected chi connectivity index (χ1v) is 8.31. The first-order chi connectivity index (χ1) is 13.6. The number of hydrogen-bond acceptors (Lipinski definition) is 5. The van der Waals surface area contributed by atoms with Gasteiger partial charge in [0.05, 0.1) is 17.9 Å². The van der Waals surface area contributed by atoms with E-state index in [9.17, 15) is 14.4 Å². The number of H-pyrrole nitrogens is 1. The lowest BCUT2D eigenvalue weighted by Gasteiger charge is -2.10. The van der Waals surface area contributed by atoms with Crippen LogP contribution in [0.2, 0.25) is 0 Å². The van der Waals surface area contributed by atoms with Crippen molar-refractivity contribution in [2.24, 2.45) is 0 Å². The maximum absolute atomic E-state index is 12.5. The van der Waals surface area contributed by atoms with Gasteiger partial charge in [0.2, 0.25) is 0 Å². The van der Waals surface area contributed by atoms with Crippen LogP contribution in [0, 0.1) is 0 Å². The Hall–Kier alpha value is -4.27. The molecule has 2 aromatic carbocycles. The molecule has 0 saturated heterocycles. The number of nitrogens with one attached hydrogen (secondary N) is 3. The quantitative estimate of drug-likeness (QED) is 0.465. The Morgan fingerprint density at radius 2 is 1.57 bits per heavy atom. The largest absolute Gasteiger partial charge is 0.295 e. The lowest BCUT2D eigenvalue weighted by molar-refractivity contribution is 0.0840. The van der Waals surface area contributed by atoms with Crippen LogP contribution in [0.25, 0.3) is 16.5 Å². The number of para-hydroxylation sites is 1. The molecule has 9 heteroatoms. The first kappa shape index (κ1) is 17.2. The Bertz CT molecular complexity index is 1230. The van der Waals surface area contributed by atoms with Crippen LogP contribution in [0.1, 0.15) is 21.0 Å². The van der Waals surface area contributed by atoms with Gasteiger partial charge >= 0.3 is 0 Å². The van der Waals surface area contributed by atoms with Crippen LogP contribution in [-0.2, 0) is 0 Å². The summed E-state index contributed by atoms with van der Waals surface area (Å²) < 4.78 is 1.59. The first-order valence-electron chi connectivity index (χ1n) is 8.31. The second kappa shape index (κ2) is 7.16. The fraction of sp³-hybridized carbons (Fsp3) is 0. The lowest BCUT2D eigenvalue weighted by atomic mass is 10.1. The molecule has 2 aromatic heterocycles. The molecule has 2 heterocycles. The van der Waals surface area contributed by atoms with Crippen LogP contribution >= 0.6 is 0 Å². The van der Waals surface area contributed by atoms with E-state index in [1.807, 2.05) is 30.3 Å². The highest BCUT2D eigenvalue weighted by Crippen LogP contribution is 2.12. The summed E-state index contributed by atoms with van der Waals surface area (Å²) in [6, 6.07) is 15.8. The SMILES string of the molecule is O=C(NNC(=O)c1cncn1-c1ccccc1)c1n[nH]c(=O)c2ccccc12. The second-order valence-corrected chi connectivity index (χ2v) is 5.84. The summed E-state index contributed by atoms with van der Waals surface area (Å²) in [5, 5.41) is 6.78. The number of amides is 2. The maximum Gasteiger partial charge on any atom is 0.290 e. The maximum atomic E-state index is 12.5. The lowest BCUT2D eigenvalue weighted by Crippen LogP contribution is -2.43. The highest BCUT2D eigenvalue weighted by atomic mass is 16.2. The number of carbonyl (C=O) groups excluding carboxylic acids is 2. The molecule has 0 fully saturated rings. The van der Waals surface area contributed by atoms with E-state index in [0.717, 1.165) is 5.69 Å². The van der Waals surface area contributed by atoms with Gasteiger partial charge in [0.1, 0.15) is 5.69 Å². The molecule has 3 N–H and O–H groups in total. The molecular weight excluding hydrogens is 360 g/mol. The van der Waals surface area contributed by atoms with E-state index in [4.69, 9.17) is 0 Å². The molecule has 28 heavy (non-hydrogen) atoms. The van der Waals surface area contributed by atoms with E-state index in [1.54, 1.807) is 28.8 Å². The van der Waals surface area contributed by atoms with Crippen LogP contribution in [0.15, 0.2) is 71.9 Å². The van der Waals surface area contributed by atoms with Crippen LogP contribution in [0.4, 0.5) is 0 Å². The summed E-state index contributed by atoms with van der Waals surface area (Å²) in [6.45, 7) is 0. The van der Waals surface area contributed by atoms with E-state index in [-0.39, 0.29) is 11.4 Å². The third-order valence-corrected chi connectivity index (χ3v) is 4.11. The molecule has 4 aromatic rings. The number of aromatic nitrogens is 4. The van der Waals surface area contributed by atoms with Gasteiger partial charge < -0.3 is 0 Å². The molecule has 0 aliphatic heterocycles. The molecule has 0 bridgehead atoms. The zero-order valence-electron chi connectivity index (χ0n) is 14.4. The monoisotopic (exact) mass is 374 g/mol. The molecule has 4 rings (SSSR count). The fourth-order valence-corrected chi connectivity index (χ4v) is 2.78. The molecule has 0 atom stereocenters. The average molecular weight is 374 g/mol. The Balaban J connectivity index is 1.54. The minimum atomic E-state index is -0.661. The van der Waals surface area contributed by atoms with Gasteiger partial charge in [-0.25, -0.2) is 10.1 Å². The van der Waals surface area contributed by atoms with E-state index in [2.05, 4.69) is 26.0 Å². The van der Waals surface area contributed by atoms with Gasteiger partial charge in [0.15, 0.2) is 5.69 Å². The van der Waals surface area contributed by atoms with Crippen molar-refractivity contribution in [2.75, 3.05) is 0 Å². The van der Waals surface area contributed by atoms with Crippen LogP contribution in [0.3, 0.4) is 0 Å². The predicted molar refractivity (Wildman–Crippen MR) is 101 cm³/mol. The van der Waals surface area contributed by atoms with Gasteiger partial charge in [-0.05, 0) is 18.2 Å². The van der Waals surface area contributed by atoms with Gasteiger partial charge in [0.25, 0.3) is 17.4 Å². The summed E-state index contributed by atoms with van der Waals surface area (Å²) in [7, 11) is 0. The minimum absolute atomic E-state index is 0.00735. The van der Waals surface area contributed by atoms with E-state index >= 15 is 0 Å². The third-order valence-electron chi connectivity index (χ3n) is 4.11. The Labute approximate surface area is 158 Å². The molecular formula is C19H14N6O3. The molecule has 0 aliphatic rings. The molecule has 0 spiro atoms. The van der Waals surface area contributed by atoms with Crippen LogP contribution in [0.5, 0.6) is 0 Å². The highest BCUT2D eigenvalue weighted by molar-refractivity contribution is 6.05. The van der Waals surface area contributed by atoms with E-state index in [0.29, 0.717) is 10.8 Å². The number of hydrogen-bond donors (Lipinski definition) is 3. The van der Waals surface area contributed by atoms with Gasteiger partial charge in [-0.1, -0.05) is 36.4 Å². The van der Waals surface area contributed by atoms with Crippen molar-refractivity contribution in [3.63, 3.8) is 0 Å². The number of benzene rings is 2. The normalized spacial score (nSPS) is 10.6. The number of rotatable bonds is 3. The Morgan fingerprint density at radius 1 is 0.893 bits per heavy atom. The fourth-order valence-electron chi connectivity index (χ4n) is 2.78. The number of imidazole rings is 1. The topological polar surface area (TPSA) is 122 Å². The Kier molecular flexibility index (Phi) is 4.38. The third kappa shape index (κ3) is 3.12. The molecule has 0 aliphatic carbocycles. The number of carbonyl (C=O) groups is 2. The Morgan fingerprint density at radius 3 is 2.36 bits per heavy atom. The average Bonchev–Trinajstić information content (AvgIpc) is 3.23. The zero-order valence-corrected chi connectivity index (χ0v) is 14.4. The summed E-state index contributed by atoms with van der Waals surface area (Å²) in [6.07, 6.45) is 2.89. The van der Waals surface area contributed by atoms with Gasteiger partial charge in [0, 0.05) is 11.1 Å². The minimum Gasteiger partial charge on any atom is -0.295 e. The second-order valence-electron chi connectivity index (χ2n) is 5.84. The summed E-state index contributed by atoms with van der Waals surface area (Å²) >= 11 is 0. The van der Waals surface area contributed by atoms with Gasteiger partial charge in [-0.15, -0.1) is 0 Å². The predicted octanol–water partition coefficient (Wildman–Crippen LogP) is 1.18. The standard InChI is InChI=1S/C19H14N6O3/c26-17-14-9-5-4-8-13(14)16(21-22-17)19(28)24-23-18(27)15-10-20-11-25(15)12-6-2-1-3-7-12/h1-11H,(H,22,26)(H,23,27)(H,24,28). The van der Waals surface area contributed by atoms with Gasteiger partial charge in [-0.2, -0.15) is 5.10 Å². The van der Waals surface area contributed by atoms with E-state index < -0.39 is 17.4 Å². The highest BCUT2D eigenvalue weighted by Gasteiger charge is 2.17. The summed E-state index contributed by atoms with van der Waals surface area (Å²) in [4.78, 5) is 40.8. The van der Waals surface area contributed by atoms with Crippen LogP contribution < -0.4 is 16.4 Å². The number of fused-ring (bicyclic) bond motifs is 1. The van der Waals surface area contributed by atoms with Gasteiger partial charge in [-0.3, -0.25) is 29.8 Å². The van der Waals surface area contributed by atoms with Crippen molar-refractivity contribution in [3.8, 4) is 5.69 Å². The molecule has 9 nitrogen and oxygen atoms in total. The smallest absolute Gasteiger partial charge is 0.290 e. The van der Waals surface area contributed by atoms with Crippen molar-refractivity contribution >= 4 is 22.6 Å². The summed E-state index contributed by atoms with van der Waals surface area (Å²) in [5.41, 5.74) is 5.24. The van der Waals surface area contributed by atoms with Crippen molar-refractivity contribution in [1.29, 1.82) is 0 Å². The number of aromatic amines is 1. The number of hydrazine groups is 1. The molecule has 138 valence electrons. The zero-order chi connectivity index (χ0) is 19.5. The molecule has 0 radical (unpaired) electrons. The molecule has 0 unspecified atom stereocenters. The number of nitrogens with zero attached hydrogens (tertiary/aromatic N) is 3.